The van der Waals surface area contributed by atoms with Crippen LogP contribution in [0.2, 0.25) is 0 Å². The third-order valence-corrected chi connectivity index (χ3v) is 5.43. The smallest absolute Gasteiger partial charge is 0.339 e. The number of hydrogen-bond acceptors (Lipinski definition) is 4. The molecule has 0 bridgehead atoms. The Morgan fingerprint density at radius 1 is 0.867 bits per heavy atom. The number of fused-ring (bicyclic) bond motifs is 4. The highest BCUT2D eigenvalue weighted by Gasteiger charge is 2.20. The van der Waals surface area contributed by atoms with Gasteiger partial charge in [-0.25, -0.2) is 4.79 Å². The molecular weight excluding hydrogens is 378 g/mol. The molecule has 1 aliphatic carbocycles. The number of para-hydroxylation sites is 1. The molecule has 5 nitrogen and oxygen atoms in total. The van der Waals surface area contributed by atoms with Gasteiger partial charge in [-0.1, -0.05) is 54.6 Å². The Kier molecular flexibility index (Phi) is 4.29. The summed E-state index contributed by atoms with van der Waals surface area (Å²) < 4.78 is 5.25. The van der Waals surface area contributed by atoms with E-state index in [0.717, 1.165) is 17.5 Å². The van der Waals surface area contributed by atoms with Crippen LogP contribution in [0, 0.1) is 0 Å². The van der Waals surface area contributed by atoms with E-state index in [4.69, 9.17) is 4.74 Å². The second-order valence-electron chi connectivity index (χ2n) is 7.30. The van der Waals surface area contributed by atoms with Crippen LogP contribution >= 0.6 is 0 Å². The second kappa shape index (κ2) is 7.12. The Morgan fingerprint density at radius 3 is 2.53 bits per heavy atom. The quantitative estimate of drug-likeness (QED) is 0.367. The average molecular weight is 395 g/mol. The van der Waals surface area contributed by atoms with Gasteiger partial charge in [-0.2, -0.15) is 0 Å². The van der Waals surface area contributed by atoms with Crippen LogP contribution < -0.4 is 5.56 Å². The molecule has 5 rings (SSSR count). The van der Waals surface area contributed by atoms with Gasteiger partial charge in [-0.3, -0.25) is 9.59 Å². The molecule has 0 radical (unpaired) electrons. The second-order valence-corrected chi connectivity index (χ2v) is 7.30. The van der Waals surface area contributed by atoms with Crippen molar-refractivity contribution >= 4 is 22.7 Å². The highest BCUT2D eigenvalue weighted by molar-refractivity contribution is 6.05. The Morgan fingerprint density at radius 2 is 1.63 bits per heavy atom. The van der Waals surface area contributed by atoms with Gasteiger partial charge < -0.3 is 9.72 Å². The van der Waals surface area contributed by atoms with Crippen LogP contribution in [0.15, 0.2) is 77.6 Å². The lowest BCUT2D eigenvalue weighted by Crippen LogP contribution is -2.17. The van der Waals surface area contributed by atoms with Gasteiger partial charge in [-0.05, 0) is 40.8 Å². The van der Waals surface area contributed by atoms with Gasteiger partial charge in [0.15, 0.2) is 12.4 Å². The molecule has 1 heterocycles. The van der Waals surface area contributed by atoms with E-state index < -0.39 is 11.5 Å². The minimum Gasteiger partial charge on any atom is -0.454 e. The molecule has 146 valence electrons. The third kappa shape index (κ3) is 3.10. The van der Waals surface area contributed by atoms with E-state index in [-0.39, 0.29) is 18.0 Å². The minimum absolute atomic E-state index is 0.144. The van der Waals surface area contributed by atoms with Crippen LogP contribution in [-0.2, 0) is 11.2 Å². The zero-order chi connectivity index (χ0) is 20.7. The standard InChI is InChI=1S/C25H17NO4/c27-23(17-10-9-16-11-15-5-1-2-6-18(15)20(16)12-17)14-30-25(29)21-13-24(28)26-22-8-4-3-7-19(21)22/h1-10,12-13H,11,14H2,(H,26,28). The molecule has 0 amide bonds. The molecular formula is C25H17NO4. The molecule has 0 fully saturated rings. The van der Waals surface area contributed by atoms with Crippen molar-refractivity contribution in [3.63, 3.8) is 0 Å². The Bertz CT molecular complexity index is 1380. The number of ketones is 1. The Hall–Kier alpha value is -3.99. The summed E-state index contributed by atoms with van der Waals surface area (Å²) in [5, 5.41) is 0.573. The van der Waals surface area contributed by atoms with Crippen molar-refractivity contribution in [3.05, 3.63) is 105 Å². The van der Waals surface area contributed by atoms with Crippen LogP contribution in [0.5, 0.6) is 0 Å². The Labute approximate surface area is 171 Å². The summed E-state index contributed by atoms with van der Waals surface area (Å²) >= 11 is 0. The Balaban J connectivity index is 1.37. The lowest BCUT2D eigenvalue weighted by molar-refractivity contribution is 0.0476. The van der Waals surface area contributed by atoms with Crippen LogP contribution in [0.1, 0.15) is 31.8 Å². The summed E-state index contributed by atoms with van der Waals surface area (Å²) in [5.74, 6) is -0.984. The minimum atomic E-state index is -0.697. The van der Waals surface area contributed by atoms with E-state index in [0.29, 0.717) is 16.5 Å². The molecule has 0 unspecified atom stereocenters. The molecule has 0 aliphatic heterocycles. The number of H-pyrrole nitrogens is 1. The monoisotopic (exact) mass is 395 g/mol. The highest BCUT2D eigenvalue weighted by Crippen LogP contribution is 2.36. The van der Waals surface area contributed by atoms with Crippen molar-refractivity contribution in [1.29, 1.82) is 0 Å². The average Bonchev–Trinajstić information content (AvgIpc) is 3.14. The zero-order valence-electron chi connectivity index (χ0n) is 16.0. The molecule has 4 aromatic rings. The first-order chi connectivity index (χ1) is 14.6. The van der Waals surface area contributed by atoms with Crippen molar-refractivity contribution in [2.75, 3.05) is 6.61 Å². The van der Waals surface area contributed by atoms with Crippen LogP contribution in [0.4, 0.5) is 0 Å². The van der Waals surface area contributed by atoms with Gasteiger partial charge in [0.2, 0.25) is 5.56 Å². The number of aromatic amines is 1. The fraction of sp³-hybridized carbons (Fsp3) is 0.0800. The largest absolute Gasteiger partial charge is 0.454 e. The topological polar surface area (TPSA) is 76.2 Å². The lowest BCUT2D eigenvalue weighted by Gasteiger charge is -2.08. The molecule has 0 atom stereocenters. The first-order valence-electron chi connectivity index (χ1n) is 9.64. The number of Topliss-reactive ketones (excluding diaryl/α,β-unsaturated/α-hetero) is 1. The molecule has 5 heteroatoms. The van der Waals surface area contributed by atoms with Crippen LogP contribution in [0.3, 0.4) is 0 Å². The van der Waals surface area contributed by atoms with Crippen molar-refractivity contribution < 1.29 is 14.3 Å². The van der Waals surface area contributed by atoms with E-state index in [1.54, 1.807) is 30.3 Å². The fourth-order valence-corrected chi connectivity index (χ4v) is 3.96. The van der Waals surface area contributed by atoms with Gasteiger partial charge in [0, 0.05) is 22.5 Å². The van der Waals surface area contributed by atoms with Gasteiger partial charge in [0.25, 0.3) is 0 Å². The number of pyridine rings is 1. The normalized spacial score (nSPS) is 11.7. The predicted octanol–water partition coefficient (Wildman–Crippen LogP) is 4.14. The number of benzene rings is 3. The number of aromatic nitrogens is 1. The highest BCUT2D eigenvalue weighted by atomic mass is 16.5. The molecule has 0 spiro atoms. The number of ether oxygens (including phenoxy) is 1. The molecule has 3 aromatic carbocycles. The van der Waals surface area contributed by atoms with Gasteiger partial charge in [0.05, 0.1) is 5.56 Å². The summed E-state index contributed by atoms with van der Waals surface area (Å²) in [4.78, 5) is 39.8. The summed E-state index contributed by atoms with van der Waals surface area (Å²) in [6, 6.07) is 21.9. The van der Waals surface area contributed by atoms with E-state index in [9.17, 15) is 14.4 Å². The molecule has 0 saturated heterocycles. The maximum atomic E-state index is 12.7. The zero-order valence-corrected chi connectivity index (χ0v) is 16.0. The summed E-state index contributed by atoms with van der Waals surface area (Å²) in [6.45, 7) is -0.388. The van der Waals surface area contributed by atoms with Gasteiger partial charge >= 0.3 is 5.97 Å². The maximum absolute atomic E-state index is 12.7. The van der Waals surface area contributed by atoms with Crippen LogP contribution in [0.25, 0.3) is 22.0 Å². The summed E-state index contributed by atoms with van der Waals surface area (Å²) in [6.07, 6.45) is 0.852. The molecule has 1 N–H and O–H groups in total. The number of rotatable bonds is 4. The van der Waals surface area contributed by atoms with E-state index in [1.165, 1.54) is 17.2 Å². The third-order valence-electron chi connectivity index (χ3n) is 5.43. The SMILES string of the molecule is O=C(COC(=O)c1cc(=O)[nH]c2ccccc12)c1ccc2c(c1)-c1ccccc1C2. The van der Waals surface area contributed by atoms with Crippen LogP contribution in [-0.4, -0.2) is 23.3 Å². The fourth-order valence-electron chi connectivity index (χ4n) is 3.96. The summed E-state index contributed by atoms with van der Waals surface area (Å²) in [5.41, 5.74) is 5.38. The first kappa shape index (κ1) is 18.1. The van der Waals surface area contributed by atoms with Crippen molar-refractivity contribution in [2.24, 2.45) is 0 Å². The lowest BCUT2D eigenvalue weighted by atomic mass is 10.0. The molecule has 1 aromatic heterocycles. The number of carbonyl (C=O) groups is 2. The number of hydrogen-bond donors (Lipinski definition) is 1. The summed E-state index contributed by atoms with van der Waals surface area (Å²) in [7, 11) is 0. The van der Waals surface area contributed by atoms with Gasteiger partial charge in [-0.15, -0.1) is 0 Å². The number of nitrogens with one attached hydrogen (secondary N) is 1. The van der Waals surface area contributed by atoms with E-state index >= 15 is 0 Å². The predicted molar refractivity (Wildman–Crippen MR) is 114 cm³/mol. The van der Waals surface area contributed by atoms with Crippen molar-refractivity contribution in [2.45, 2.75) is 6.42 Å². The number of carbonyl (C=O) groups excluding carboxylic acids is 2. The maximum Gasteiger partial charge on any atom is 0.339 e. The van der Waals surface area contributed by atoms with Crippen molar-refractivity contribution in [3.8, 4) is 11.1 Å². The van der Waals surface area contributed by atoms with E-state index in [2.05, 4.69) is 11.1 Å². The molecule has 30 heavy (non-hydrogen) atoms. The first-order valence-corrected chi connectivity index (χ1v) is 9.64. The van der Waals surface area contributed by atoms with Gasteiger partial charge in [0.1, 0.15) is 0 Å². The number of esters is 1. The molecule has 1 aliphatic rings. The van der Waals surface area contributed by atoms with E-state index in [1.807, 2.05) is 30.3 Å². The van der Waals surface area contributed by atoms with Crippen molar-refractivity contribution in [1.82, 2.24) is 4.98 Å². The molecule has 0 saturated carbocycles.